The van der Waals surface area contributed by atoms with E-state index in [2.05, 4.69) is 52.6 Å². The van der Waals surface area contributed by atoms with Crippen LogP contribution in [-0.4, -0.2) is 50.8 Å². The zero-order chi connectivity index (χ0) is 34.1. The first kappa shape index (κ1) is 35.2. The molecule has 0 saturated carbocycles. The number of ether oxygens (including phenoxy) is 4. The Morgan fingerprint density at radius 1 is 0.604 bits per heavy atom. The van der Waals surface area contributed by atoms with Crippen LogP contribution in [0.2, 0.25) is 0 Å². The predicted molar refractivity (Wildman–Crippen MR) is 183 cm³/mol. The lowest BCUT2D eigenvalue weighted by Gasteiger charge is -2.26. The van der Waals surface area contributed by atoms with Crippen molar-refractivity contribution in [2.75, 3.05) is 31.3 Å². The minimum Gasteiger partial charge on any atom is -0.464 e. The average molecular weight is 650 g/mol. The van der Waals surface area contributed by atoms with Crippen molar-refractivity contribution in [3.05, 3.63) is 126 Å². The van der Waals surface area contributed by atoms with Crippen molar-refractivity contribution in [2.24, 2.45) is 0 Å². The first-order valence-corrected chi connectivity index (χ1v) is 15.7. The number of hydrogen-bond donors (Lipinski definition) is 0. The van der Waals surface area contributed by atoms with Crippen LogP contribution in [0.15, 0.2) is 115 Å². The fourth-order valence-corrected chi connectivity index (χ4v) is 4.81. The molecule has 0 radical (unpaired) electrons. The van der Waals surface area contributed by atoms with Crippen LogP contribution in [-0.2, 0) is 51.0 Å². The fraction of sp³-hybridized carbons (Fsp3) is 0.231. The number of carbonyl (C=O) groups is 4. The maximum atomic E-state index is 12.2. The second-order valence-corrected chi connectivity index (χ2v) is 10.9. The normalized spacial score (nSPS) is 10.4. The lowest BCUT2D eigenvalue weighted by Crippen LogP contribution is -2.14. The summed E-state index contributed by atoms with van der Waals surface area (Å²) in [5, 5.41) is 0. The summed E-state index contributed by atoms with van der Waals surface area (Å²) in [7, 11) is 0. The summed E-state index contributed by atoms with van der Waals surface area (Å²) in [5.74, 6) is -1.24. The first-order chi connectivity index (χ1) is 23.3. The molecule has 0 saturated heterocycles. The molecule has 0 unspecified atom stereocenters. The molecule has 9 nitrogen and oxygen atoms in total. The molecular weight excluding hydrogens is 610 g/mol. The Bertz CT molecular complexity index is 1650. The highest BCUT2D eigenvalue weighted by Gasteiger charge is 2.14. The predicted octanol–water partition coefficient (Wildman–Crippen LogP) is 7.07. The second kappa shape index (κ2) is 18.4. The van der Waals surface area contributed by atoms with E-state index in [9.17, 15) is 19.2 Å². The van der Waals surface area contributed by atoms with Gasteiger partial charge in [0, 0.05) is 35.5 Å². The monoisotopic (exact) mass is 649 g/mol. The van der Waals surface area contributed by atoms with Crippen molar-refractivity contribution >= 4 is 41.4 Å². The Morgan fingerprint density at radius 3 is 1.52 bits per heavy atom. The Hall–Kier alpha value is -5.70. The summed E-state index contributed by atoms with van der Waals surface area (Å²) < 4.78 is 19.8. The lowest BCUT2D eigenvalue weighted by atomic mass is 10.0. The third-order valence-corrected chi connectivity index (χ3v) is 7.32. The van der Waals surface area contributed by atoms with Gasteiger partial charge in [-0.05, 0) is 78.4 Å². The number of aryl methyl sites for hydroxylation is 2. The smallest absolute Gasteiger partial charge is 0.333 e. The van der Waals surface area contributed by atoms with Crippen molar-refractivity contribution in [1.29, 1.82) is 0 Å². The maximum absolute atomic E-state index is 12.2. The van der Waals surface area contributed by atoms with E-state index in [4.69, 9.17) is 14.2 Å². The number of carbonyl (C=O) groups excluding carboxylic acids is 4. The van der Waals surface area contributed by atoms with Crippen molar-refractivity contribution in [2.45, 2.75) is 32.6 Å². The molecule has 0 fully saturated rings. The molecule has 0 atom stereocenters. The molecule has 0 heterocycles. The molecule has 0 amide bonds. The van der Waals surface area contributed by atoms with Crippen LogP contribution in [0.3, 0.4) is 0 Å². The first-order valence-electron chi connectivity index (χ1n) is 15.7. The van der Waals surface area contributed by atoms with Gasteiger partial charge in [0.05, 0.1) is 0 Å². The highest BCUT2D eigenvalue weighted by atomic mass is 16.6. The Balaban J connectivity index is 1.43. The Morgan fingerprint density at radius 2 is 1.04 bits per heavy atom. The zero-order valence-electron chi connectivity index (χ0n) is 27.0. The molecule has 48 heavy (non-hydrogen) atoms. The Labute approximate surface area is 280 Å². The highest BCUT2D eigenvalue weighted by molar-refractivity contribution is 5.87. The van der Waals surface area contributed by atoms with E-state index in [1.807, 2.05) is 66.7 Å². The van der Waals surface area contributed by atoms with Crippen molar-refractivity contribution in [1.82, 2.24) is 0 Å². The quantitative estimate of drug-likeness (QED) is 0.0368. The van der Waals surface area contributed by atoms with Crippen molar-refractivity contribution in [3.8, 4) is 11.1 Å². The molecule has 248 valence electrons. The van der Waals surface area contributed by atoms with Gasteiger partial charge in [-0.2, -0.15) is 0 Å². The summed E-state index contributed by atoms with van der Waals surface area (Å²) >= 11 is 0. The number of rotatable bonds is 18. The number of benzene rings is 4. The van der Waals surface area contributed by atoms with E-state index in [1.54, 1.807) is 6.92 Å². The van der Waals surface area contributed by atoms with Gasteiger partial charge in [-0.25, -0.2) is 4.79 Å². The molecule has 0 N–H and O–H groups in total. The minimum absolute atomic E-state index is 0.00437. The molecule has 4 rings (SSSR count). The van der Waals surface area contributed by atoms with E-state index in [0.29, 0.717) is 24.9 Å². The summed E-state index contributed by atoms with van der Waals surface area (Å²) in [6.45, 7) is 5.45. The van der Waals surface area contributed by atoms with E-state index >= 15 is 0 Å². The van der Waals surface area contributed by atoms with Gasteiger partial charge in [0.1, 0.15) is 26.4 Å². The molecule has 4 aromatic carbocycles. The van der Waals surface area contributed by atoms with Gasteiger partial charge < -0.3 is 23.8 Å². The van der Waals surface area contributed by atoms with Gasteiger partial charge in [0.2, 0.25) is 0 Å². The summed E-state index contributed by atoms with van der Waals surface area (Å²) in [6, 6.07) is 34.5. The zero-order valence-corrected chi connectivity index (χ0v) is 27.0. The van der Waals surface area contributed by atoms with Crippen molar-refractivity contribution < 1.29 is 38.1 Å². The Kier molecular flexibility index (Phi) is 13.5. The lowest BCUT2D eigenvalue weighted by molar-refractivity contribution is -0.150. The minimum atomic E-state index is -0.513. The third kappa shape index (κ3) is 11.0. The van der Waals surface area contributed by atoms with Crippen LogP contribution in [0, 0.1) is 0 Å². The van der Waals surface area contributed by atoms with Crippen LogP contribution in [0.4, 0.5) is 17.1 Å². The number of esters is 3. The van der Waals surface area contributed by atoms with E-state index in [0.717, 1.165) is 39.3 Å². The topological polar surface area (TPSA) is 108 Å². The molecular formula is C39H39NO8. The second-order valence-electron chi connectivity index (χ2n) is 10.9. The van der Waals surface area contributed by atoms with Gasteiger partial charge in [0.15, 0.2) is 0 Å². The summed E-state index contributed by atoms with van der Waals surface area (Å²) in [5.41, 5.74) is 7.32. The molecule has 4 aromatic rings. The molecule has 0 aromatic heterocycles. The highest BCUT2D eigenvalue weighted by Crippen LogP contribution is 2.36. The van der Waals surface area contributed by atoms with Gasteiger partial charge in [-0.3, -0.25) is 14.4 Å². The van der Waals surface area contributed by atoms with Crippen LogP contribution in [0.25, 0.3) is 11.1 Å². The largest absolute Gasteiger partial charge is 0.464 e. The standard InChI is InChI=1S/C39H39NO8/c1-29(2)39(44)48-27-26-47-38(43)23-13-31-10-18-35(19-11-31)40(36-20-14-33(15-21-36)32-6-4-3-5-7-32)34-16-8-30(9-17-34)12-22-37(42)46-25-24-45-28-41/h3-11,14-21,28H,1,12-13,22-27H2,2H3. The van der Waals surface area contributed by atoms with Crippen LogP contribution >= 0.6 is 0 Å². The van der Waals surface area contributed by atoms with Gasteiger partial charge in [0.25, 0.3) is 6.47 Å². The van der Waals surface area contributed by atoms with Crippen LogP contribution < -0.4 is 4.90 Å². The number of anilines is 3. The third-order valence-electron chi connectivity index (χ3n) is 7.32. The van der Waals surface area contributed by atoms with E-state index in [-0.39, 0.29) is 51.2 Å². The van der Waals surface area contributed by atoms with E-state index < -0.39 is 5.97 Å². The molecule has 0 spiro atoms. The molecule has 0 aliphatic carbocycles. The summed E-state index contributed by atoms with van der Waals surface area (Å²) in [4.78, 5) is 48.1. The average Bonchev–Trinajstić information content (AvgIpc) is 3.12. The van der Waals surface area contributed by atoms with Gasteiger partial charge in [-0.15, -0.1) is 0 Å². The molecule has 9 heteroatoms. The van der Waals surface area contributed by atoms with Crippen LogP contribution in [0.5, 0.6) is 0 Å². The maximum Gasteiger partial charge on any atom is 0.333 e. The fourth-order valence-electron chi connectivity index (χ4n) is 4.81. The molecule has 0 bridgehead atoms. The SMILES string of the molecule is C=C(C)C(=O)OCCOC(=O)CCc1ccc(N(c2ccc(CCC(=O)OCCOC=O)cc2)c2ccc(-c3ccccc3)cc2)cc1. The van der Waals surface area contributed by atoms with Crippen LogP contribution in [0.1, 0.15) is 30.9 Å². The summed E-state index contributed by atoms with van der Waals surface area (Å²) in [6.07, 6.45) is 1.41. The molecule has 0 aliphatic rings. The van der Waals surface area contributed by atoms with Gasteiger partial charge in [-0.1, -0.05) is 73.3 Å². The molecule has 0 aliphatic heterocycles. The number of nitrogens with zero attached hydrogens (tertiary/aromatic N) is 1. The van der Waals surface area contributed by atoms with Gasteiger partial charge >= 0.3 is 17.9 Å². The van der Waals surface area contributed by atoms with E-state index in [1.165, 1.54) is 0 Å². The number of hydrogen-bond acceptors (Lipinski definition) is 9. The van der Waals surface area contributed by atoms with Crippen molar-refractivity contribution in [3.63, 3.8) is 0 Å².